The number of hydrogen-bond donors (Lipinski definition) is 1. The molecule has 0 aliphatic rings. The van der Waals surface area contributed by atoms with Crippen LogP contribution in [0, 0.1) is 6.92 Å². The smallest absolute Gasteiger partial charge is 0.255 e. The standard InChI is InChI=1S/C35H37Cl2N5O6/c1-6-28(43)32-30(35(45)42(13-15-46-4)14-16-47-5)23(22-9-8-12-39-19-22)17-27-31(32)33(41(3)29(44)18-38)34(21(2)40-27)48-20-24-25(36)10-7-11-26(24)37/h6-12,17,19H,1,13-16,18,20,38H2,2-5H3. The Balaban J connectivity index is 2.16. The van der Waals surface area contributed by atoms with Crippen LogP contribution >= 0.6 is 23.2 Å². The molecule has 0 bridgehead atoms. The second kappa shape index (κ2) is 16.6. The number of benzene rings is 2. The Labute approximate surface area is 289 Å². The molecule has 0 fully saturated rings. The Bertz CT molecular complexity index is 1810. The second-order valence-electron chi connectivity index (χ2n) is 10.7. The van der Waals surface area contributed by atoms with Crippen molar-refractivity contribution in [3.8, 4) is 16.9 Å². The van der Waals surface area contributed by atoms with E-state index < -0.39 is 17.6 Å². The van der Waals surface area contributed by atoms with E-state index in [4.69, 9.17) is 48.1 Å². The number of nitrogens with zero attached hydrogens (tertiary/aromatic N) is 4. The lowest BCUT2D eigenvalue weighted by molar-refractivity contribution is -0.117. The summed E-state index contributed by atoms with van der Waals surface area (Å²) in [5.74, 6) is -1.36. The quantitative estimate of drug-likeness (QED) is 0.126. The van der Waals surface area contributed by atoms with E-state index in [9.17, 15) is 14.4 Å². The van der Waals surface area contributed by atoms with Gasteiger partial charge in [0.2, 0.25) is 5.91 Å². The molecule has 48 heavy (non-hydrogen) atoms. The molecule has 0 unspecified atom stereocenters. The zero-order valence-electron chi connectivity index (χ0n) is 27.2. The monoisotopic (exact) mass is 693 g/mol. The summed E-state index contributed by atoms with van der Waals surface area (Å²) in [6, 6.07) is 10.3. The van der Waals surface area contributed by atoms with E-state index in [1.54, 1.807) is 60.6 Å². The number of likely N-dealkylation sites (N-methyl/N-ethyl adjacent to an activating group) is 1. The zero-order chi connectivity index (χ0) is 35.0. The Morgan fingerprint density at radius 3 is 2.25 bits per heavy atom. The number of rotatable bonds is 15. The van der Waals surface area contributed by atoms with Gasteiger partial charge in [-0.05, 0) is 42.8 Å². The molecule has 0 spiro atoms. The largest absolute Gasteiger partial charge is 0.485 e. The predicted molar refractivity (Wildman–Crippen MR) is 187 cm³/mol. The molecule has 11 nitrogen and oxygen atoms in total. The molecule has 2 amide bonds. The number of anilines is 1. The number of ketones is 1. The van der Waals surface area contributed by atoms with Gasteiger partial charge < -0.3 is 29.7 Å². The molecular formula is C35H37Cl2N5O6. The summed E-state index contributed by atoms with van der Waals surface area (Å²) < 4.78 is 16.9. The van der Waals surface area contributed by atoms with Crippen molar-refractivity contribution in [1.82, 2.24) is 14.9 Å². The van der Waals surface area contributed by atoms with Crippen LogP contribution in [-0.2, 0) is 20.9 Å². The summed E-state index contributed by atoms with van der Waals surface area (Å²) in [6.45, 7) is 5.91. The van der Waals surface area contributed by atoms with Crippen molar-refractivity contribution in [2.45, 2.75) is 13.5 Å². The number of carbonyl (C=O) groups excluding carboxylic acids is 3. The van der Waals surface area contributed by atoms with Gasteiger partial charge in [0.1, 0.15) is 6.61 Å². The molecular weight excluding hydrogens is 657 g/mol. The highest BCUT2D eigenvalue weighted by atomic mass is 35.5. The topological polar surface area (TPSA) is 137 Å². The molecule has 0 aliphatic heterocycles. The number of aryl methyl sites for hydroxylation is 1. The van der Waals surface area contributed by atoms with E-state index in [0.29, 0.717) is 37.9 Å². The number of pyridine rings is 2. The maximum atomic E-state index is 14.7. The first-order valence-electron chi connectivity index (χ1n) is 15.0. The van der Waals surface area contributed by atoms with Crippen LogP contribution < -0.4 is 15.4 Å². The lowest BCUT2D eigenvalue weighted by Gasteiger charge is -2.28. The molecule has 4 rings (SSSR count). The number of amides is 2. The van der Waals surface area contributed by atoms with Crippen LogP contribution in [0.5, 0.6) is 5.75 Å². The molecule has 2 heterocycles. The van der Waals surface area contributed by atoms with Crippen molar-refractivity contribution in [1.29, 1.82) is 0 Å². The van der Waals surface area contributed by atoms with Gasteiger partial charge >= 0.3 is 0 Å². The number of methoxy groups -OCH3 is 2. The fraction of sp³-hybridized carbons (Fsp3) is 0.286. The van der Waals surface area contributed by atoms with Gasteiger partial charge in [-0.1, -0.05) is 41.9 Å². The minimum absolute atomic E-state index is 0.0222. The highest BCUT2D eigenvalue weighted by molar-refractivity contribution is 6.36. The summed E-state index contributed by atoms with van der Waals surface area (Å²) in [5.41, 5.74) is 8.26. The average molecular weight is 695 g/mol. The van der Waals surface area contributed by atoms with Gasteiger partial charge in [-0.25, -0.2) is 4.98 Å². The first-order chi connectivity index (χ1) is 23.1. The van der Waals surface area contributed by atoms with Crippen molar-refractivity contribution in [2.75, 3.05) is 59.0 Å². The van der Waals surface area contributed by atoms with E-state index in [1.807, 2.05) is 0 Å². The Morgan fingerprint density at radius 1 is 1.02 bits per heavy atom. The summed E-state index contributed by atoms with van der Waals surface area (Å²) in [6.07, 6.45) is 4.32. The molecule has 4 aromatic rings. The molecule has 0 aliphatic carbocycles. The lowest BCUT2D eigenvalue weighted by atomic mass is 9.88. The Kier molecular flexibility index (Phi) is 12.6. The number of nitrogens with two attached hydrogens (primary N) is 1. The van der Waals surface area contributed by atoms with Gasteiger partial charge in [0.15, 0.2) is 11.5 Å². The van der Waals surface area contributed by atoms with Crippen molar-refractivity contribution >= 4 is 57.4 Å². The van der Waals surface area contributed by atoms with Gasteiger partial charge in [-0.15, -0.1) is 0 Å². The maximum Gasteiger partial charge on any atom is 0.255 e. The number of aromatic nitrogens is 2. The summed E-state index contributed by atoms with van der Waals surface area (Å²) >= 11 is 12.9. The van der Waals surface area contributed by atoms with Gasteiger partial charge in [-0.2, -0.15) is 0 Å². The number of ether oxygens (including phenoxy) is 3. The third-order valence-corrected chi connectivity index (χ3v) is 8.43. The molecule has 2 aromatic heterocycles. The van der Waals surface area contributed by atoms with Crippen LogP contribution in [0.4, 0.5) is 5.69 Å². The van der Waals surface area contributed by atoms with Crippen LogP contribution in [0.25, 0.3) is 22.0 Å². The third kappa shape index (κ3) is 7.67. The number of halogens is 2. The molecule has 0 atom stereocenters. The normalized spacial score (nSPS) is 11.0. The molecule has 0 saturated heterocycles. The van der Waals surface area contributed by atoms with Crippen LogP contribution in [-0.4, -0.2) is 86.6 Å². The molecule has 2 N–H and O–H groups in total. The fourth-order valence-corrected chi connectivity index (χ4v) is 5.78. The maximum absolute atomic E-state index is 14.7. The van der Waals surface area contributed by atoms with Crippen molar-refractivity contribution in [3.05, 3.63) is 93.9 Å². The lowest BCUT2D eigenvalue weighted by Crippen LogP contribution is -2.38. The minimum Gasteiger partial charge on any atom is -0.485 e. The Morgan fingerprint density at radius 2 is 1.69 bits per heavy atom. The molecule has 13 heteroatoms. The van der Waals surface area contributed by atoms with Crippen LogP contribution in [0.3, 0.4) is 0 Å². The molecule has 0 saturated carbocycles. The van der Waals surface area contributed by atoms with Gasteiger partial charge in [0.05, 0.1) is 42.2 Å². The molecule has 252 valence electrons. The van der Waals surface area contributed by atoms with Crippen LogP contribution in [0.1, 0.15) is 32.0 Å². The SMILES string of the molecule is C=CC(=O)c1c(C(=O)N(CCOC)CCOC)c(-c2cccnc2)cc2nc(C)c(OCc3c(Cl)cccc3Cl)c(N(C)C(=O)CN)c12. The van der Waals surface area contributed by atoms with E-state index in [2.05, 4.69) is 11.6 Å². The van der Waals surface area contributed by atoms with E-state index >= 15 is 0 Å². The highest BCUT2D eigenvalue weighted by Gasteiger charge is 2.32. The van der Waals surface area contributed by atoms with Crippen molar-refractivity contribution < 1.29 is 28.6 Å². The van der Waals surface area contributed by atoms with E-state index in [0.717, 1.165) is 6.08 Å². The first-order valence-corrected chi connectivity index (χ1v) is 15.7. The number of allylic oxidation sites excluding steroid dienone is 1. The van der Waals surface area contributed by atoms with E-state index in [-0.39, 0.29) is 67.4 Å². The summed E-state index contributed by atoms with van der Waals surface area (Å²) in [5, 5.41) is 0.959. The number of hydrogen-bond acceptors (Lipinski definition) is 9. The number of fused-ring (bicyclic) bond motifs is 1. The zero-order valence-corrected chi connectivity index (χ0v) is 28.7. The van der Waals surface area contributed by atoms with Crippen molar-refractivity contribution in [2.24, 2.45) is 5.73 Å². The summed E-state index contributed by atoms with van der Waals surface area (Å²) in [4.78, 5) is 54.0. The average Bonchev–Trinajstić information content (AvgIpc) is 3.09. The van der Waals surface area contributed by atoms with Crippen molar-refractivity contribution in [3.63, 3.8) is 0 Å². The molecule has 2 aromatic carbocycles. The summed E-state index contributed by atoms with van der Waals surface area (Å²) in [7, 11) is 4.58. The second-order valence-corrected chi connectivity index (χ2v) is 11.5. The van der Waals surface area contributed by atoms with Gasteiger partial charge in [0, 0.05) is 78.9 Å². The van der Waals surface area contributed by atoms with Crippen LogP contribution in [0.15, 0.2) is 61.4 Å². The van der Waals surface area contributed by atoms with E-state index in [1.165, 1.54) is 26.2 Å². The highest BCUT2D eigenvalue weighted by Crippen LogP contribution is 2.44. The number of carbonyl (C=O) groups is 3. The van der Waals surface area contributed by atoms with Gasteiger partial charge in [0.25, 0.3) is 5.91 Å². The van der Waals surface area contributed by atoms with Crippen LogP contribution in [0.2, 0.25) is 10.0 Å². The Hall–Kier alpha value is -4.39. The third-order valence-electron chi connectivity index (χ3n) is 7.72. The van der Waals surface area contributed by atoms with Gasteiger partial charge in [-0.3, -0.25) is 19.4 Å². The minimum atomic E-state index is -0.576. The molecule has 0 radical (unpaired) electrons. The predicted octanol–water partition coefficient (Wildman–Crippen LogP) is 5.52. The first kappa shape index (κ1) is 36.4. The fourth-order valence-electron chi connectivity index (χ4n) is 5.28.